The standard InChI is InChI=1S/C32H41N3O4S/c1-5-25(4)33-32(37)29(7-3)34(23-22-26-16-10-8-11-17-26)31(36)24-35(30-21-15-14-18-27(30)6-2)40(38,39)28-19-12-9-13-20-28/h8-21,25,29H,5-7,22-24H2,1-4H3,(H,33,37)/t25-,29+/m1/s1. The first-order valence-corrected chi connectivity index (χ1v) is 15.5. The fraction of sp³-hybridized carbons (Fsp3) is 0.375. The molecule has 0 aliphatic rings. The molecule has 8 heteroatoms. The molecule has 7 nitrogen and oxygen atoms in total. The van der Waals surface area contributed by atoms with Crippen LogP contribution in [0.4, 0.5) is 5.69 Å². The van der Waals surface area contributed by atoms with Gasteiger partial charge in [-0.15, -0.1) is 0 Å². The molecule has 3 rings (SSSR count). The third-order valence-corrected chi connectivity index (χ3v) is 8.90. The summed E-state index contributed by atoms with van der Waals surface area (Å²) in [6, 6.07) is 24.4. The molecular formula is C32H41N3O4S. The lowest BCUT2D eigenvalue weighted by atomic mass is 10.1. The van der Waals surface area contributed by atoms with Gasteiger partial charge >= 0.3 is 0 Å². The molecule has 0 fully saturated rings. The normalized spacial score (nSPS) is 12.8. The van der Waals surface area contributed by atoms with Crippen LogP contribution in [0.25, 0.3) is 0 Å². The number of nitrogens with zero attached hydrogens (tertiary/aromatic N) is 2. The average Bonchev–Trinajstić information content (AvgIpc) is 2.98. The second-order valence-electron chi connectivity index (χ2n) is 9.87. The highest BCUT2D eigenvalue weighted by Crippen LogP contribution is 2.28. The summed E-state index contributed by atoms with van der Waals surface area (Å²) in [6.07, 6.45) is 2.30. The average molecular weight is 564 g/mol. The number of rotatable bonds is 14. The molecule has 2 amide bonds. The molecule has 0 aliphatic carbocycles. The first-order chi connectivity index (χ1) is 19.2. The number of para-hydroxylation sites is 1. The van der Waals surface area contributed by atoms with E-state index in [1.807, 2.05) is 70.2 Å². The summed E-state index contributed by atoms with van der Waals surface area (Å²) < 4.78 is 29.1. The van der Waals surface area contributed by atoms with Crippen LogP contribution in [0.15, 0.2) is 89.8 Å². The Bertz CT molecular complexity index is 1350. The Balaban J connectivity index is 2.03. The molecule has 2 atom stereocenters. The molecule has 0 saturated carbocycles. The molecule has 0 bridgehead atoms. The number of aryl methyl sites for hydroxylation is 1. The summed E-state index contributed by atoms with van der Waals surface area (Å²) in [5.74, 6) is -0.655. The Morgan fingerprint density at radius 2 is 1.43 bits per heavy atom. The lowest BCUT2D eigenvalue weighted by Crippen LogP contribution is -2.54. The number of hydrogen-bond donors (Lipinski definition) is 1. The van der Waals surface area contributed by atoms with Gasteiger partial charge in [-0.1, -0.05) is 87.5 Å². The maximum atomic E-state index is 14.1. The smallest absolute Gasteiger partial charge is 0.264 e. The zero-order chi connectivity index (χ0) is 29.1. The van der Waals surface area contributed by atoms with E-state index in [4.69, 9.17) is 0 Å². The van der Waals surface area contributed by atoms with Crippen molar-refractivity contribution in [2.75, 3.05) is 17.4 Å². The number of carbonyl (C=O) groups excluding carboxylic acids is 2. The molecule has 0 aromatic heterocycles. The van der Waals surface area contributed by atoms with Gasteiger partial charge in [-0.2, -0.15) is 0 Å². The quantitative estimate of drug-likeness (QED) is 0.292. The largest absolute Gasteiger partial charge is 0.352 e. The van der Waals surface area contributed by atoms with Crippen LogP contribution in [0, 0.1) is 0 Å². The number of nitrogens with one attached hydrogen (secondary N) is 1. The van der Waals surface area contributed by atoms with Gasteiger partial charge in [0.25, 0.3) is 10.0 Å². The highest BCUT2D eigenvalue weighted by molar-refractivity contribution is 7.92. The van der Waals surface area contributed by atoms with Crippen molar-refractivity contribution in [2.24, 2.45) is 0 Å². The van der Waals surface area contributed by atoms with Crippen LogP contribution in [0.2, 0.25) is 0 Å². The SMILES string of the molecule is CCc1ccccc1N(CC(=O)N(CCc1ccccc1)[C@@H](CC)C(=O)N[C@H](C)CC)S(=O)(=O)c1ccccc1. The van der Waals surface area contributed by atoms with Crippen LogP contribution in [0.3, 0.4) is 0 Å². The van der Waals surface area contributed by atoms with Crippen molar-refractivity contribution >= 4 is 27.5 Å². The topological polar surface area (TPSA) is 86.8 Å². The molecule has 1 N–H and O–H groups in total. The van der Waals surface area contributed by atoms with Gasteiger partial charge in [0.2, 0.25) is 11.8 Å². The molecule has 0 unspecified atom stereocenters. The van der Waals surface area contributed by atoms with E-state index in [1.54, 1.807) is 35.2 Å². The summed E-state index contributed by atoms with van der Waals surface area (Å²) in [4.78, 5) is 29.1. The van der Waals surface area contributed by atoms with E-state index < -0.39 is 28.5 Å². The summed E-state index contributed by atoms with van der Waals surface area (Å²) in [5.41, 5.74) is 2.30. The Morgan fingerprint density at radius 3 is 2.02 bits per heavy atom. The van der Waals surface area contributed by atoms with Crippen LogP contribution in [-0.4, -0.2) is 50.3 Å². The second kappa shape index (κ2) is 14.7. The Kier molecular flexibility index (Phi) is 11.3. The highest BCUT2D eigenvalue weighted by Gasteiger charge is 2.34. The predicted octanol–water partition coefficient (Wildman–Crippen LogP) is 5.21. The van der Waals surface area contributed by atoms with E-state index in [9.17, 15) is 18.0 Å². The minimum absolute atomic E-state index is 0.0426. The van der Waals surface area contributed by atoms with Crippen LogP contribution in [0.5, 0.6) is 0 Å². The predicted molar refractivity (Wildman–Crippen MR) is 161 cm³/mol. The van der Waals surface area contributed by atoms with Crippen LogP contribution in [-0.2, 0) is 32.5 Å². The van der Waals surface area contributed by atoms with E-state index in [2.05, 4.69) is 5.32 Å². The van der Waals surface area contributed by atoms with Crippen molar-refractivity contribution in [3.63, 3.8) is 0 Å². The van der Waals surface area contributed by atoms with E-state index in [0.29, 0.717) is 24.9 Å². The molecule has 0 spiro atoms. The Morgan fingerprint density at radius 1 is 0.825 bits per heavy atom. The van der Waals surface area contributed by atoms with Crippen LogP contribution < -0.4 is 9.62 Å². The van der Waals surface area contributed by atoms with Gasteiger partial charge in [-0.3, -0.25) is 13.9 Å². The van der Waals surface area contributed by atoms with Crippen molar-refractivity contribution in [1.82, 2.24) is 10.2 Å². The lowest BCUT2D eigenvalue weighted by molar-refractivity contribution is -0.139. The molecule has 3 aromatic carbocycles. The van der Waals surface area contributed by atoms with Crippen molar-refractivity contribution < 1.29 is 18.0 Å². The minimum Gasteiger partial charge on any atom is -0.352 e. The van der Waals surface area contributed by atoms with E-state index in [-0.39, 0.29) is 23.4 Å². The van der Waals surface area contributed by atoms with Crippen molar-refractivity contribution in [2.45, 2.75) is 70.4 Å². The number of anilines is 1. The van der Waals surface area contributed by atoms with Crippen molar-refractivity contribution in [3.05, 3.63) is 96.1 Å². The molecule has 0 aliphatic heterocycles. The zero-order valence-corrected chi connectivity index (χ0v) is 24.7. The number of benzene rings is 3. The Labute approximate surface area is 239 Å². The zero-order valence-electron chi connectivity index (χ0n) is 23.9. The summed E-state index contributed by atoms with van der Waals surface area (Å²) >= 11 is 0. The van der Waals surface area contributed by atoms with Gasteiger partial charge in [0.1, 0.15) is 12.6 Å². The Hall–Kier alpha value is -3.65. The third-order valence-electron chi connectivity index (χ3n) is 7.12. The van der Waals surface area contributed by atoms with Gasteiger partial charge < -0.3 is 10.2 Å². The van der Waals surface area contributed by atoms with Gasteiger partial charge in [0.15, 0.2) is 0 Å². The first-order valence-electron chi connectivity index (χ1n) is 14.0. The summed E-state index contributed by atoms with van der Waals surface area (Å²) in [5, 5.41) is 3.01. The molecule has 0 saturated heterocycles. The summed E-state index contributed by atoms with van der Waals surface area (Å²) in [6.45, 7) is 7.60. The maximum Gasteiger partial charge on any atom is 0.264 e. The maximum absolute atomic E-state index is 14.1. The van der Waals surface area contributed by atoms with Gasteiger partial charge in [0, 0.05) is 12.6 Å². The van der Waals surface area contributed by atoms with E-state index in [0.717, 1.165) is 17.5 Å². The van der Waals surface area contributed by atoms with Gasteiger partial charge in [-0.05, 0) is 61.9 Å². The first kappa shape index (κ1) is 30.9. The number of sulfonamides is 1. The minimum atomic E-state index is -4.07. The third kappa shape index (κ3) is 7.72. The van der Waals surface area contributed by atoms with Crippen molar-refractivity contribution in [1.29, 1.82) is 0 Å². The van der Waals surface area contributed by atoms with Gasteiger partial charge in [-0.25, -0.2) is 8.42 Å². The highest BCUT2D eigenvalue weighted by atomic mass is 32.2. The van der Waals surface area contributed by atoms with E-state index >= 15 is 0 Å². The molecule has 214 valence electrons. The number of amides is 2. The fourth-order valence-electron chi connectivity index (χ4n) is 4.62. The van der Waals surface area contributed by atoms with Crippen LogP contribution >= 0.6 is 0 Å². The lowest BCUT2D eigenvalue weighted by Gasteiger charge is -2.34. The molecule has 0 heterocycles. The number of hydrogen-bond acceptors (Lipinski definition) is 4. The van der Waals surface area contributed by atoms with Crippen LogP contribution in [0.1, 0.15) is 51.7 Å². The molecule has 40 heavy (non-hydrogen) atoms. The van der Waals surface area contributed by atoms with Crippen molar-refractivity contribution in [3.8, 4) is 0 Å². The van der Waals surface area contributed by atoms with E-state index in [1.165, 1.54) is 16.4 Å². The monoisotopic (exact) mass is 563 g/mol. The second-order valence-corrected chi connectivity index (χ2v) is 11.7. The molecule has 0 radical (unpaired) electrons. The fourth-order valence-corrected chi connectivity index (χ4v) is 6.10. The molecule has 3 aromatic rings. The van der Waals surface area contributed by atoms with Gasteiger partial charge in [0.05, 0.1) is 10.6 Å². The number of carbonyl (C=O) groups is 2. The molecular weight excluding hydrogens is 522 g/mol. The summed E-state index contributed by atoms with van der Waals surface area (Å²) in [7, 11) is -4.07.